The highest BCUT2D eigenvalue weighted by molar-refractivity contribution is 5.76. The molecule has 1 atom stereocenters. The van der Waals surface area contributed by atoms with E-state index in [9.17, 15) is 31.1 Å². The standard InChI is InChI=1S/C30H28F6N2O2/c1-2-3-4-5-9-16-37-28(39)38-29(20-21-10-7-6-8-11-21,22-12-14-24(31)15-13-22)23-17-25(32)19-26(18-23)40-30(35,36)27(33)34/h1,6-8,10-15,17-19,27H,3-5,9,16,20H2,(H2,37,38,39)/t29-/m1/s1. The molecule has 0 aliphatic carbocycles. The highest BCUT2D eigenvalue weighted by atomic mass is 19.3. The Bertz CT molecular complexity index is 1300. The summed E-state index contributed by atoms with van der Waals surface area (Å²) in [6.07, 6.45) is -1.09. The number of benzene rings is 3. The van der Waals surface area contributed by atoms with Crippen molar-refractivity contribution in [3.05, 3.63) is 101 Å². The fraction of sp³-hybridized carbons (Fsp3) is 0.300. The van der Waals surface area contributed by atoms with Gasteiger partial charge in [-0.3, -0.25) is 0 Å². The van der Waals surface area contributed by atoms with E-state index in [1.54, 1.807) is 30.3 Å². The number of nitrogens with one attached hydrogen (secondary N) is 2. The van der Waals surface area contributed by atoms with Gasteiger partial charge in [-0.1, -0.05) is 48.9 Å². The first-order valence-corrected chi connectivity index (χ1v) is 12.5. The molecule has 3 aromatic carbocycles. The zero-order chi connectivity index (χ0) is 29.2. The number of carbonyl (C=O) groups is 1. The fourth-order valence-corrected chi connectivity index (χ4v) is 4.23. The van der Waals surface area contributed by atoms with Crippen molar-refractivity contribution in [1.82, 2.24) is 10.6 Å². The fourth-order valence-electron chi connectivity index (χ4n) is 4.23. The second-order valence-corrected chi connectivity index (χ2v) is 9.11. The molecule has 3 aromatic rings. The summed E-state index contributed by atoms with van der Waals surface area (Å²) in [7, 11) is 0. The van der Waals surface area contributed by atoms with Gasteiger partial charge in [0.15, 0.2) is 0 Å². The summed E-state index contributed by atoms with van der Waals surface area (Å²) in [6, 6.07) is 15.4. The number of urea groups is 1. The van der Waals surface area contributed by atoms with Crippen LogP contribution < -0.4 is 15.4 Å². The lowest BCUT2D eigenvalue weighted by Crippen LogP contribution is -2.52. The molecule has 0 unspecified atom stereocenters. The summed E-state index contributed by atoms with van der Waals surface area (Å²) in [4.78, 5) is 13.2. The monoisotopic (exact) mass is 562 g/mol. The lowest BCUT2D eigenvalue weighted by Gasteiger charge is -2.37. The second-order valence-electron chi connectivity index (χ2n) is 9.11. The van der Waals surface area contributed by atoms with E-state index >= 15 is 0 Å². The van der Waals surface area contributed by atoms with Crippen molar-refractivity contribution < 1.29 is 35.9 Å². The molecule has 4 nitrogen and oxygen atoms in total. The van der Waals surface area contributed by atoms with Gasteiger partial charge in [-0.2, -0.15) is 17.6 Å². The normalized spacial score (nSPS) is 12.8. The minimum absolute atomic E-state index is 0.0385. The number of halogens is 6. The largest absolute Gasteiger partial charge is 0.461 e. The van der Waals surface area contributed by atoms with Gasteiger partial charge in [0.1, 0.15) is 17.4 Å². The Morgan fingerprint density at radius 2 is 1.60 bits per heavy atom. The molecule has 0 radical (unpaired) electrons. The van der Waals surface area contributed by atoms with E-state index in [-0.39, 0.29) is 24.1 Å². The van der Waals surface area contributed by atoms with Crippen LogP contribution in [0.25, 0.3) is 0 Å². The number of hydrogen-bond donors (Lipinski definition) is 2. The molecule has 0 aliphatic rings. The van der Waals surface area contributed by atoms with Gasteiger partial charge in [0.2, 0.25) is 0 Å². The van der Waals surface area contributed by atoms with Gasteiger partial charge in [-0.05, 0) is 53.8 Å². The zero-order valence-corrected chi connectivity index (χ0v) is 21.4. The predicted molar refractivity (Wildman–Crippen MR) is 139 cm³/mol. The third kappa shape index (κ3) is 8.18. The molecule has 0 spiro atoms. The molecular formula is C30H28F6N2O2. The van der Waals surface area contributed by atoms with Crippen LogP contribution in [0.2, 0.25) is 0 Å². The van der Waals surface area contributed by atoms with Crippen LogP contribution in [0.3, 0.4) is 0 Å². The molecule has 3 rings (SSSR count). The van der Waals surface area contributed by atoms with E-state index in [2.05, 4.69) is 21.3 Å². The molecule has 0 bridgehead atoms. The van der Waals surface area contributed by atoms with Crippen molar-refractivity contribution in [3.63, 3.8) is 0 Å². The lowest BCUT2D eigenvalue weighted by atomic mass is 9.77. The molecule has 0 aromatic heterocycles. The number of carbonyl (C=O) groups excluding carboxylic acids is 1. The zero-order valence-electron chi connectivity index (χ0n) is 21.4. The Balaban J connectivity index is 2.09. The average molecular weight is 563 g/mol. The first-order chi connectivity index (χ1) is 19.1. The van der Waals surface area contributed by atoms with Crippen molar-refractivity contribution in [2.45, 2.75) is 50.2 Å². The summed E-state index contributed by atoms with van der Waals surface area (Å²) < 4.78 is 86.1. The maximum absolute atomic E-state index is 14.8. The molecule has 0 aliphatic heterocycles. The number of terminal acetylenes is 1. The van der Waals surface area contributed by atoms with Crippen LogP contribution in [0.15, 0.2) is 72.8 Å². The Hall–Kier alpha value is -4.13. The third-order valence-corrected chi connectivity index (χ3v) is 6.13. The Morgan fingerprint density at radius 1 is 0.900 bits per heavy atom. The third-order valence-electron chi connectivity index (χ3n) is 6.13. The Kier molecular flexibility index (Phi) is 10.5. The minimum Gasteiger partial charge on any atom is -0.428 e. The summed E-state index contributed by atoms with van der Waals surface area (Å²) >= 11 is 0. The number of amides is 2. The first-order valence-electron chi connectivity index (χ1n) is 12.5. The topological polar surface area (TPSA) is 50.4 Å². The van der Waals surface area contributed by atoms with Crippen molar-refractivity contribution in [2.24, 2.45) is 0 Å². The van der Waals surface area contributed by atoms with Crippen molar-refractivity contribution in [1.29, 1.82) is 0 Å². The van der Waals surface area contributed by atoms with Crippen molar-refractivity contribution in [3.8, 4) is 18.1 Å². The van der Waals surface area contributed by atoms with Crippen LogP contribution >= 0.6 is 0 Å². The molecule has 0 fully saturated rings. The molecule has 212 valence electrons. The molecule has 2 amide bonds. The number of unbranched alkanes of at least 4 members (excludes halogenated alkanes) is 3. The van der Waals surface area contributed by atoms with Crippen LogP contribution in [0, 0.1) is 24.0 Å². The van der Waals surface area contributed by atoms with Gasteiger partial charge >= 0.3 is 18.6 Å². The van der Waals surface area contributed by atoms with Crippen LogP contribution in [0.1, 0.15) is 42.4 Å². The van der Waals surface area contributed by atoms with Crippen LogP contribution in [0.4, 0.5) is 31.1 Å². The van der Waals surface area contributed by atoms with E-state index in [0.717, 1.165) is 37.1 Å². The van der Waals surface area contributed by atoms with Crippen molar-refractivity contribution in [2.75, 3.05) is 6.54 Å². The van der Waals surface area contributed by atoms with Gasteiger partial charge in [-0.15, -0.1) is 12.3 Å². The van der Waals surface area contributed by atoms with E-state index in [1.165, 1.54) is 12.1 Å². The highest BCUT2D eigenvalue weighted by Gasteiger charge is 2.45. The minimum atomic E-state index is -4.90. The number of hydrogen-bond acceptors (Lipinski definition) is 2. The average Bonchev–Trinajstić information content (AvgIpc) is 2.90. The molecule has 0 saturated carbocycles. The smallest absolute Gasteiger partial charge is 0.428 e. The molecule has 40 heavy (non-hydrogen) atoms. The van der Waals surface area contributed by atoms with E-state index in [1.807, 2.05) is 0 Å². The van der Waals surface area contributed by atoms with Gasteiger partial charge in [0.05, 0.1) is 5.54 Å². The summed E-state index contributed by atoms with van der Waals surface area (Å²) in [6.45, 7) is 0.277. The molecule has 2 N–H and O–H groups in total. The summed E-state index contributed by atoms with van der Waals surface area (Å²) in [5.41, 5.74) is -0.833. The number of rotatable bonds is 13. The van der Waals surface area contributed by atoms with Crippen LogP contribution in [-0.2, 0) is 12.0 Å². The molecule has 0 heterocycles. The number of ether oxygens (including phenoxy) is 1. The Labute approximate surface area is 228 Å². The maximum Gasteiger partial charge on any atom is 0.461 e. The number of alkyl halides is 4. The SMILES string of the molecule is C#CCCCCCNC(=O)N[C@](Cc1ccccc1)(c1ccc(F)cc1)c1cc(F)cc(OC(F)(F)C(F)F)c1. The Morgan fingerprint density at radius 3 is 2.25 bits per heavy atom. The van der Waals surface area contributed by atoms with Crippen LogP contribution in [-0.4, -0.2) is 25.1 Å². The van der Waals surface area contributed by atoms with Gasteiger partial charge in [-0.25, -0.2) is 13.6 Å². The van der Waals surface area contributed by atoms with E-state index in [0.29, 0.717) is 24.5 Å². The first kappa shape index (κ1) is 30.4. The van der Waals surface area contributed by atoms with E-state index in [4.69, 9.17) is 6.42 Å². The molecule has 10 heteroatoms. The van der Waals surface area contributed by atoms with Gasteiger partial charge in [0.25, 0.3) is 0 Å². The molecular weight excluding hydrogens is 534 g/mol. The summed E-state index contributed by atoms with van der Waals surface area (Å²) in [5, 5.41) is 5.52. The quantitative estimate of drug-likeness (QED) is 0.132. The summed E-state index contributed by atoms with van der Waals surface area (Å²) in [5.74, 6) is -0.00905. The molecule has 0 saturated heterocycles. The lowest BCUT2D eigenvalue weighted by molar-refractivity contribution is -0.253. The van der Waals surface area contributed by atoms with Crippen molar-refractivity contribution >= 4 is 6.03 Å². The maximum atomic E-state index is 14.8. The van der Waals surface area contributed by atoms with Gasteiger partial charge in [0, 0.05) is 25.5 Å². The second kappa shape index (κ2) is 13.8. The van der Waals surface area contributed by atoms with Crippen LogP contribution in [0.5, 0.6) is 5.75 Å². The van der Waals surface area contributed by atoms with Gasteiger partial charge < -0.3 is 15.4 Å². The highest BCUT2D eigenvalue weighted by Crippen LogP contribution is 2.37. The predicted octanol–water partition coefficient (Wildman–Crippen LogP) is 7.18. The van der Waals surface area contributed by atoms with E-state index < -0.39 is 41.5 Å².